The number of aromatic nitrogens is 2. The third-order valence-electron chi connectivity index (χ3n) is 4.02. The van der Waals surface area contributed by atoms with Crippen molar-refractivity contribution in [2.24, 2.45) is 0 Å². The van der Waals surface area contributed by atoms with E-state index in [2.05, 4.69) is 20.2 Å². The van der Waals surface area contributed by atoms with E-state index >= 15 is 0 Å². The van der Waals surface area contributed by atoms with E-state index in [1.54, 1.807) is 6.07 Å². The topological polar surface area (TPSA) is 81.3 Å². The summed E-state index contributed by atoms with van der Waals surface area (Å²) in [5, 5.41) is 3.42. The Bertz CT molecular complexity index is 749. The Balaban J connectivity index is 1.65. The predicted octanol–water partition coefficient (Wildman–Crippen LogP) is 0.770. The van der Waals surface area contributed by atoms with Crippen molar-refractivity contribution >= 4 is 16.9 Å². The van der Waals surface area contributed by atoms with Crippen LogP contribution in [0.25, 0.3) is 10.9 Å². The summed E-state index contributed by atoms with van der Waals surface area (Å²) >= 11 is 0. The van der Waals surface area contributed by atoms with E-state index < -0.39 is 0 Å². The molecular weight excluding hydrogens is 294 g/mol. The van der Waals surface area contributed by atoms with E-state index in [-0.39, 0.29) is 11.6 Å². The van der Waals surface area contributed by atoms with Crippen molar-refractivity contribution in [3.05, 3.63) is 40.4 Å². The number of hydrogen-bond donors (Lipinski definition) is 2. The van der Waals surface area contributed by atoms with Gasteiger partial charge in [0, 0.05) is 32.7 Å². The van der Waals surface area contributed by atoms with E-state index in [1.807, 2.05) is 30.0 Å². The second-order valence-corrected chi connectivity index (χ2v) is 5.63. The molecule has 0 spiro atoms. The van der Waals surface area contributed by atoms with Gasteiger partial charge in [-0.15, -0.1) is 0 Å². The highest BCUT2D eigenvalue weighted by atomic mass is 16.2. The van der Waals surface area contributed by atoms with Crippen molar-refractivity contribution in [3.8, 4) is 0 Å². The summed E-state index contributed by atoms with van der Waals surface area (Å²) in [4.78, 5) is 35.3. The molecular formula is C16H21N5O2. The first kappa shape index (κ1) is 15.5. The van der Waals surface area contributed by atoms with E-state index in [0.29, 0.717) is 42.9 Å². The Labute approximate surface area is 134 Å². The summed E-state index contributed by atoms with van der Waals surface area (Å²) in [6.07, 6.45) is 0. The number of amides is 2. The summed E-state index contributed by atoms with van der Waals surface area (Å²) in [5.41, 5.74) is 0.610. The van der Waals surface area contributed by atoms with Crippen molar-refractivity contribution in [2.45, 2.75) is 13.5 Å². The molecule has 3 rings (SSSR count). The molecule has 0 bridgehead atoms. The lowest BCUT2D eigenvalue weighted by molar-refractivity contribution is 0.134. The first-order valence-electron chi connectivity index (χ1n) is 7.90. The van der Waals surface area contributed by atoms with Crippen LogP contribution in [0.4, 0.5) is 4.79 Å². The lowest BCUT2D eigenvalue weighted by Crippen LogP contribution is -2.51. The van der Waals surface area contributed by atoms with Crippen molar-refractivity contribution in [1.82, 2.24) is 25.1 Å². The summed E-state index contributed by atoms with van der Waals surface area (Å²) in [6.45, 7) is 6.05. The minimum absolute atomic E-state index is 0.00983. The van der Waals surface area contributed by atoms with E-state index in [4.69, 9.17) is 0 Å². The number of piperazine rings is 1. The van der Waals surface area contributed by atoms with E-state index in [9.17, 15) is 9.59 Å². The molecule has 2 heterocycles. The fraction of sp³-hybridized carbons (Fsp3) is 0.438. The fourth-order valence-electron chi connectivity index (χ4n) is 2.79. The maximum atomic E-state index is 12.1. The second kappa shape index (κ2) is 6.78. The molecule has 7 nitrogen and oxygen atoms in total. The minimum atomic E-state index is -0.105. The first-order valence-corrected chi connectivity index (χ1v) is 7.90. The standard InChI is InChI=1S/C16H21N5O2/c1-2-17-16(23)21-9-7-20(8-10-21)11-14-18-13-6-4-3-5-12(13)15(22)19-14/h3-6H,2,7-11H2,1H3,(H,17,23)(H,18,19,22). The van der Waals surface area contributed by atoms with Crippen LogP contribution in [0.1, 0.15) is 12.7 Å². The number of aromatic amines is 1. The maximum absolute atomic E-state index is 12.1. The highest BCUT2D eigenvalue weighted by molar-refractivity contribution is 5.77. The van der Waals surface area contributed by atoms with Gasteiger partial charge in [-0.3, -0.25) is 9.69 Å². The minimum Gasteiger partial charge on any atom is -0.338 e. The quantitative estimate of drug-likeness (QED) is 0.876. The van der Waals surface area contributed by atoms with Crippen molar-refractivity contribution in [1.29, 1.82) is 0 Å². The third-order valence-corrected chi connectivity index (χ3v) is 4.02. The zero-order chi connectivity index (χ0) is 16.2. The third kappa shape index (κ3) is 3.50. The lowest BCUT2D eigenvalue weighted by atomic mass is 10.2. The highest BCUT2D eigenvalue weighted by Crippen LogP contribution is 2.09. The Kier molecular flexibility index (Phi) is 4.57. The number of H-pyrrole nitrogens is 1. The molecule has 1 aromatic heterocycles. The molecule has 7 heteroatoms. The number of nitrogens with one attached hydrogen (secondary N) is 2. The van der Waals surface area contributed by atoms with Crippen LogP contribution in [0.3, 0.4) is 0 Å². The number of benzene rings is 1. The van der Waals surface area contributed by atoms with Gasteiger partial charge in [0.25, 0.3) is 5.56 Å². The SMILES string of the molecule is CCNC(=O)N1CCN(Cc2nc3ccccc3c(=O)[nH]2)CC1. The van der Waals surface area contributed by atoms with Crippen LogP contribution in [0, 0.1) is 0 Å². The molecule has 0 saturated carbocycles. The molecule has 1 aliphatic rings. The van der Waals surface area contributed by atoms with Gasteiger partial charge in [0.1, 0.15) is 5.82 Å². The number of nitrogens with zero attached hydrogens (tertiary/aromatic N) is 3. The number of rotatable bonds is 3. The van der Waals surface area contributed by atoms with Gasteiger partial charge in [-0.2, -0.15) is 0 Å². The molecule has 0 radical (unpaired) electrons. The van der Waals surface area contributed by atoms with E-state index in [0.717, 1.165) is 13.1 Å². The van der Waals surface area contributed by atoms with Crippen LogP contribution in [0.5, 0.6) is 0 Å². The van der Waals surface area contributed by atoms with Gasteiger partial charge >= 0.3 is 6.03 Å². The van der Waals surface area contributed by atoms with Gasteiger partial charge in [0.05, 0.1) is 17.4 Å². The largest absolute Gasteiger partial charge is 0.338 e. The van der Waals surface area contributed by atoms with Crippen LogP contribution in [0.15, 0.2) is 29.1 Å². The molecule has 1 saturated heterocycles. The zero-order valence-corrected chi connectivity index (χ0v) is 13.2. The predicted molar refractivity (Wildman–Crippen MR) is 88.3 cm³/mol. The van der Waals surface area contributed by atoms with Gasteiger partial charge in [-0.25, -0.2) is 9.78 Å². The molecule has 2 amide bonds. The van der Waals surface area contributed by atoms with Crippen LogP contribution in [-0.4, -0.2) is 58.5 Å². The number of urea groups is 1. The van der Waals surface area contributed by atoms with Gasteiger partial charge in [-0.05, 0) is 19.1 Å². The van der Waals surface area contributed by atoms with Crippen molar-refractivity contribution in [2.75, 3.05) is 32.7 Å². The number of fused-ring (bicyclic) bond motifs is 1. The van der Waals surface area contributed by atoms with Crippen LogP contribution in [-0.2, 0) is 6.54 Å². The molecule has 0 unspecified atom stereocenters. The summed E-state index contributed by atoms with van der Waals surface area (Å²) in [7, 11) is 0. The number of para-hydroxylation sites is 1. The second-order valence-electron chi connectivity index (χ2n) is 5.63. The first-order chi connectivity index (χ1) is 11.2. The Hall–Kier alpha value is -2.41. The van der Waals surface area contributed by atoms with Crippen LogP contribution < -0.4 is 10.9 Å². The summed E-state index contributed by atoms with van der Waals surface area (Å²) in [5.74, 6) is 0.667. The van der Waals surface area contributed by atoms with Crippen LogP contribution in [0.2, 0.25) is 0 Å². The lowest BCUT2D eigenvalue weighted by Gasteiger charge is -2.34. The molecule has 122 valence electrons. The van der Waals surface area contributed by atoms with E-state index in [1.165, 1.54) is 0 Å². The molecule has 1 fully saturated rings. The van der Waals surface area contributed by atoms with Crippen molar-refractivity contribution < 1.29 is 4.79 Å². The molecule has 2 aromatic rings. The zero-order valence-electron chi connectivity index (χ0n) is 13.2. The molecule has 1 aliphatic heterocycles. The monoisotopic (exact) mass is 315 g/mol. The summed E-state index contributed by atoms with van der Waals surface area (Å²) in [6, 6.07) is 7.32. The Morgan fingerprint density at radius 3 is 2.74 bits per heavy atom. The smallest absolute Gasteiger partial charge is 0.317 e. The normalized spacial score (nSPS) is 15.8. The molecule has 1 aromatic carbocycles. The molecule has 2 N–H and O–H groups in total. The van der Waals surface area contributed by atoms with Gasteiger partial charge in [0.15, 0.2) is 0 Å². The van der Waals surface area contributed by atoms with Gasteiger partial charge in [-0.1, -0.05) is 12.1 Å². The highest BCUT2D eigenvalue weighted by Gasteiger charge is 2.21. The maximum Gasteiger partial charge on any atom is 0.317 e. The number of hydrogen-bond acceptors (Lipinski definition) is 4. The number of carbonyl (C=O) groups excluding carboxylic acids is 1. The number of carbonyl (C=O) groups is 1. The Morgan fingerprint density at radius 1 is 1.26 bits per heavy atom. The average molecular weight is 315 g/mol. The van der Waals surface area contributed by atoms with Crippen LogP contribution >= 0.6 is 0 Å². The molecule has 23 heavy (non-hydrogen) atoms. The van der Waals surface area contributed by atoms with Gasteiger partial charge in [0.2, 0.25) is 0 Å². The Morgan fingerprint density at radius 2 is 2.00 bits per heavy atom. The molecule has 0 atom stereocenters. The fourth-order valence-corrected chi connectivity index (χ4v) is 2.79. The molecule has 0 aliphatic carbocycles. The van der Waals surface area contributed by atoms with Gasteiger partial charge < -0.3 is 15.2 Å². The van der Waals surface area contributed by atoms with Crippen molar-refractivity contribution in [3.63, 3.8) is 0 Å². The summed E-state index contributed by atoms with van der Waals surface area (Å²) < 4.78 is 0. The average Bonchev–Trinajstić information content (AvgIpc) is 2.56.